The Bertz CT molecular complexity index is 264. The topological polar surface area (TPSA) is 20.2 Å². The van der Waals surface area contributed by atoms with Crippen molar-refractivity contribution in [3.8, 4) is 24.2 Å². The molecule has 19 heavy (non-hydrogen) atoms. The normalized spacial score (nSPS) is 9.68. The Hall–Kier alpha value is -0.920. The molecule has 0 saturated heterocycles. The summed E-state index contributed by atoms with van der Waals surface area (Å²) in [7, 11) is 0. The van der Waals surface area contributed by atoms with Crippen molar-refractivity contribution >= 4 is 0 Å². The zero-order chi connectivity index (χ0) is 14.0. The van der Waals surface area contributed by atoms with Crippen molar-refractivity contribution in [2.45, 2.75) is 83.5 Å². The standard InChI is InChI=1S/C18H30O/c1-2-3-4-5-6-7-8-9-10-11-12-13-14-15-16-17-18-19/h1,19H,5-18H2. The highest BCUT2D eigenvalue weighted by Gasteiger charge is 1.93. The highest BCUT2D eigenvalue weighted by Crippen LogP contribution is 2.12. The molecule has 0 radical (unpaired) electrons. The summed E-state index contributed by atoms with van der Waals surface area (Å²) in [6.07, 6.45) is 21.5. The van der Waals surface area contributed by atoms with Gasteiger partial charge in [-0.2, -0.15) is 0 Å². The molecule has 0 fully saturated rings. The van der Waals surface area contributed by atoms with Crippen molar-refractivity contribution < 1.29 is 5.11 Å². The summed E-state index contributed by atoms with van der Waals surface area (Å²) in [5.74, 6) is 7.97. The second kappa shape index (κ2) is 17.1. The summed E-state index contributed by atoms with van der Waals surface area (Å²) in [4.78, 5) is 0. The van der Waals surface area contributed by atoms with Crippen molar-refractivity contribution in [1.29, 1.82) is 0 Å². The molecule has 0 aromatic rings. The molecule has 1 N–H and O–H groups in total. The maximum atomic E-state index is 8.65. The lowest BCUT2D eigenvalue weighted by atomic mass is 10.0. The fraction of sp³-hybridized carbons (Fsp3) is 0.778. The molecule has 0 amide bonds. The summed E-state index contributed by atoms with van der Waals surface area (Å²) >= 11 is 0. The van der Waals surface area contributed by atoms with Crippen LogP contribution in [0.2, 0.25) is 0 Å². The summed E-state index contributed by atoms with van der Waals surface area (Å²) < 4.78 is 0. The number of aliphatic hydroxyl groups is 1. The summed E-state index contributed by atoms with van der Waals surface area (Å²) in [6.45, 7) is 0.355. The Balaban J connectivity index is 2.97. The second-order valence-corrected chi connectivity index (χ2v) is 5.16. The maximum Gasteiger partial charge on any atom is 0.0431 e. The third-order valence-corrected chi connectivity index (χ3v) is 3.37. The Morgan fingerprint density at radius 3 is 1.47 bits per heavy atom. The van der Waals surface area contributed by atoms with Gasteiger partial charge in [-0.05, 0) is 24.7 Å². The zero-order valence-electron chi connectivity index (χ0n) is 12.4. The van der Waals surface area contributed by atoms with E-state index in [0.29, 0.717) is 6.61 Å². The van der Waals surface area contributed by atoms with Gasteiger partial charge in [0.05, 0.1) is 0 Å². The molecule has 0 aliphatic heterocycles. The van der Waals surface area contributed by atoms with Gasteiger partial charge in [0.25, 0.3) is 0 Å². The van der Waals surface area contributed by atoms with Gasteiger partial charge in [-0.3, -0.25) is 0 Å². The van der Waals surface area contributed by atoms with Crippen LogP contribution in [0.25, 0.3) is 0 Å². The van der Waals surface area contributed by atoms with E-state index in [4.69, 9.17) is 11.5 Å². The van der Waals surface area contributed by atoms with Crippen molar-refractivity contribution in [3.63, 3.8) is 0 Å². The fourth-order valence-electron chi connectivity index (χ4n) is 2.21. The fourth-order valence-corrected chi connectivity index (χ4v) is 2.21. The van der Waals surface area contributed by atoms with Gasteiger partial charge in [-0.15, -0.1) is 6.42 Å². The first kappa shape index (κ1) is 18.1. The van der Waals surface area contributed by atoms with Crippen LogP contribution in [0.1, 0.15) is 83.5 Å². The van der Waals surface area contributed by atoms with E-state index in [2.05, 4.69) is 17.8 Å². The van der Waals surface area contributed by atoms with Crippen LogP contribution in [0, 0.1) is 24.2 Å². The molecule has 0 rings (SSSR count). The molecule has 0 heterocycles. The van der Waals surface area contributed by atoms with Crippen molar-refractivity contribution in [2.75, 3.05) is 6.61 Å². The molecule has 0 aromatic heterocycles. The largest absolute Gasteiger partial charge is 0.396 e. The Labute approximate surface area is 120 Å². The predicted octanol–water partition coefficient (Wildman–Crippen LogP) is 4.69. The predicted molar refractivity (Wildman–Crippen MR) is 83.7 cm³/mol. The quantitative estimate of drug-likeness (QED) is 0.377. The molecule has 0 saturated carbocycles. The van der Waals surface area contributed by atoms with Crippen molar-refractivity contribution in [3.05, 3.63) is 0 Å². The average molecular weight is 262 g/mol. The first-order chi connectivity index (χ1) is 9.41. The lowest BCUT2D eigenvalue weighted by Gasteiger charge is -2.02. The van der Waals surface area contributed by atoms with Gasteiger partial charge in [-0.25, -0.2) is 0 Å². The molecule has 108 valence electrons. The highest BCUT2D eigenvalue weighted by atomic mass is 16.2. The molecule has 0 aliphatic rings. The van der Waals surface area contributed by atoms with E-state index in [9.17, 15) is 0 Å². The van der Waals surface area contributed by atoms with Crippen molar-refractivity contribution in [1.82, 2.24) is 0 Å². The van der Waals surface area contributed by atoms with Crippen molar-refractivity contribution in [2.24, 2.45) is 0 Å². The van der Waals surface area contributed by atoms with Crippen LogP contribution in [0.3, 0.4) is 0 Å². The number of hydrogen-bond donors (Lipinski definition) is 1. The SMILES string of the molecule is C#CC#CCCCCCCCCCCCCCCO. The molecule has 1 nitrogen and oxygen atoms in total. The van der Waals surface area contributed by atoms with Crippen LogP contribution in [0.5, 0.6) is 0 Å². The Kier molecular flexibility index (Phi) is 16.3. The minimum absolute atomic E-state index is 0.355. The van der Waals surface area contributed by atoms with Gasteiger partial charge >= 0.3 is 0 Å². The summed E-state index contributed by atoms with van der Waals surface area (Å²) in [6, 6.07) is 0. The zero-order valence-corrected chi connectivity index (χ0v) is 12.4. The number of terminal acetylenes is 1. The smallest absolute Gasteiger partial charge is 0.0431 e. The van der Waals surface area contributed by atoms with Gasteiger partial charge in [0, 0.05) is 13.0 Å². The third-order valence-electron chi connectivity index (χ3n) is 3.37. The molecule has 0 spiro atoms. The van der Waals surface area contributed by atoms with E-state index in [1.54, 1.807) is 0 Å². The Morgan fingerprint density at radius 1 is 0.632 bits per heavy atom. The van der Waals surface area contributed by atoms with Gasteiger partial charge in [-0.1, -0.05) is 70.1 Å². The maximum absolute atomic E-state index is 8.65. The van der Waals surface area contributed by atoms with E-state index in [1.165, 1.54) is 70.6 Å². The molecular weight excluding hydrogens is 232 g/mol. The highest BCUT2D eigenvalue weighted by molar-refractivity contribution is 5.21. The first-order valence-electron chi connectivity index (χ1n) is 7.96. The van der Waals surface area contributed by atoms with Crippen LogP contribution in [0.15, 0.2) is 0 Å². The van der Waals surface area contributed by atoms with Crippen LogP contribution in [-0.2, 0) is 0 Å². The first-order valence-corrected chi connectivity index (χ1v) is 7.96. The molecule has 1 heteroatoms. The second-order valence-electron chi connectivity index (χ2n) is 5.16. The van der Waals surface area contributed by atoms with Gasteiger partial charge in [0.2, 0.25) is 0 Å². The van der Waals surface area contributed by atoms with Gasteiger partial charge < -0.3 is 5.11 Å². The summed E-state index contributed by atoms with van der Waals surface area (Å²) in [5.41, 5.74) is 0. The molecule has 0 unspecified atom stereocenters. The molecule has 0 aliphatic carbocycles. The van der Waals surface area contributed by atoms with Crippen LogP contribution in [0.4, 0.5) is 0 Å². The average Bonchev–Trinajstić information content (AvgIpc) is 2.43. The number of rotatable bonds is 13. The van der Waals surface area contributed by atoms with E-state index in [1.807, 2.05) is 0 Å². The van der Waals surface area contributed by atoms with E-state index >= 15 is 0 Å². The summed E-state index contributed by atoms with van der Waals surface area (Å²) in [5, 5.41) is 8.65. The number of hydrogen-bond acceptors (Lipinski definition) is 1. The number of unbranched alkanes of at least 4 members (excludes halogenated alkanes) is 12. The third kappa shape index (κ3) is 17.1. The van der Waals surface area contributed by atoms with Crippen LogP contribution in [-0.4, -0.2) is 11.7 Å². The monoisotopic (exact) mass is 262 g/mol. The lowest BCUT2D eigenvalue weighted by Crippen LogP contribution is -1.84. The van der Waals surface area contributed by atoms with Crippen LogP contribution >= 0.6 is 0 Å². The minimum atomic E-state index is 0.355. The molecule has 0 atom stereocenters. The molecule has 0 aromatic carbocycles. The van der Waals surface area contributed by atoms with E-state index in [-0.39, 0.29) is 0 Å². The van der Waals surface area contributed by atoms with Crippen LogP contribution < -0.4 is 0 Å². The van der Waals surface area contributed by atoms with Gasteiger partial charge in [0.1, 0.15) is 0 Å². The van der Waals surface area contributed by atoms with E-state index in [0.717, 1.165) is 12.8 Å². The molecule has 0 bridgehead atoms. The molecular formula is C18H30O. The lowest BCUT2D eigenvalue weighted by molar-refractivity contribution is 0.282. The van der Waals surface area contributed by atoms with E-state index < -0.39 is 0 Å². The number of aliphatic hydroxyl groups excluding tert-OH is 1. The Morgan fingerprint density at radius 2 is 1.05 bits per heavy atom. The van der Waals surface area contributed by atoms with Gasteiger partial charge in [0.15, 0.2) is 0 Å². The minimum Gasteiger partial charge on any atom is -0.396 e.